The first-order valence-electron chi connectivity index (χ1n) is 4.95. The molecule has 2 aromatic heterocycles. The maximum Gasteiger partial charge on any atom is 0.337 e. The van der Waals surface area contributed by atoms with E-state index >= 15 is 0 Å². The van der Waals surface area contributed by atoms with Gasteiger partial charge in [-0.2, -0.15) is 0 Å². The number of rotatable bonds is 3. The maximum atomic E-state index is 10.8. The molecule has 2 rings (SSSR count). The molecule has 4 nitrogen and oxygen atoms in total. The van der Waals surface area contributed by atoms with Crippen LogP contribution in [0, 0.1) is 6.92 Å². The number of pyridine rings is 2. The van der Waals surface area contributed by atoms with Crippen molar-refractivity contribution in [3.63, 3.8) is 0 Å². The topological polar surface area (TPSA) is 63.1 Å². The Hall–Kier alpha value is -1.88. The van der Waals surface area contributed by atoms with Crippen LogP contribution in [0.25, 0.3) is 0 Å². The molecule has 0 aromatic carbocycles. The predicted molar refractivity (Wildman–Crippen MR) is 64.3 cm³/mol. The van der Waals surface area contributed by atoms with Gasteiger partial charge in [-0.3, -0.25) is 4.98 Å². The number of carboxylic acid groups (broad SMARTS) is 1. The quantitative estimate of drug-likeness (QED) is 0.902. The van der Waals surface area contributed by atoms with Crippen molar-refractivity contribution < 1.29 is 9.90 Å². The normalized spacial score (nSPS) is 10.2. The van der Waals surface area contributed by atoms with Crippen molar-refractivity contribution in [2.45, 2.75) is 16.8 Å². The van der Waals surface area contributed by atoms with Crippen molar-refractivity contribution >= 4 is 17.7 Å². The number of aromatic nitrogens is 2. The maximum absolute atomic E-state index is 10.8. The Kier molecular flexibility index (Phi) is 3.39. The second-order valence-corrected chi connectivity index (χ2v) is 4.47. The molecule has 0 aliphatic rings. The molecule has 0 atom stereocenters. The van der Waals surface area contributed by atoms with E-state index < -0.39 is 5.97 Å². The third kappa shape index (κ3) is 2.82. The van der Waals surface area contributed by atoms with Gasteiger partial charge in [-0.05, 0) is 31.2 Å². The SMILES string of the molecule is Cc1nc(Sc2ccncc2)ccc1C(=O)O. The van der Waals surface area contributed by atoms with Crippen LogP contribution < -0.4 is 0 Å². The number of nitrogens with zero attached hydrogens (tertiary/aromatic N) is 2. The fraction of sp³-hybridized carbons (Fsp3) is 0.0833. The molecule has 0 spiro atoms. The summed E-state index contributed by atoms with van der Waals surface area (Å²) in [6, 6.07) is 7.05. The Morgan fingerprint density at radius 3 is 2.53 bits per heavy atom. The number of carboxylic acids is 1. The summed E-state index contributed by atoms with van der Waals surface area (Å²) in [5, 5.41) is 9.67. The number of hydrogen-bond acceptors (Lipinski definition) is 4. The standard InChI is InChI=1S/C12H10N2O2S/c1-8-10(12(15)16)2-3-11(14-8)17-9-4-6-13-7-5-9/h2-7H,1H3,(H,15,16). The summed E-state index contributed by atoms with van der Waals surface area (Å²) in [5.74, 6) is -0.949. The van der Waals surface area contributed by atoms with Crippen molar-refractivity contribution in [2.75, 3.05) is 0 Å². The lowest BCUT2D eigenvalue weighted by atomic mass is 10.2. The molecule has 2 heterocycles. The molecule has 0 aliphatic carbocycles. The first-order valence-corrected chi connectivity index (χ1v) is 5.77. The highest BCUT2D eigenvalue weighted by atomic mass is 32.2. The molecule has 1 N–H and O–H groups in total. The molecule has 0 fully saturated rings. The van der Waals surface area contributed by atoms with Crippen molar-refractivity contribution in [1.29, 1.82) is 0 Å². The highest BCUT2D eigenvalue weighted by Gasteiger charge is 2.09. The van der Waals surface area contributed by atoms with Gasteiger partial charge < -0.3 is 5.11 Å². The minimum Gasteiger partial charge on any atom is -0.478 e. The van der Waals surface area contributed by atoms with Crippen LogP contribution in [0.5, 0.6) is 0 Å². The summed E-state index contributed by atoms with van der Waals surface area (Å²) in [6.45, 7) is 1.69. The van der Waals surface area contributed by atoms with E-state index in [1.165, 1.54) is 11.8 Å². The minimum absolute atomic E-state index is 0.240. The van der Waals surface area contributed by atoms with Gasteiger partial charge >= 0.3 is 5.97 Å². The van der Waals surface area contributed by atoms with Crippen LogP contribution in [0.1, 0.15) is 16.1 Å². The van der Waals surface area contributed by atoms with Gasteiger partial charge in [0.1, 0.15) is 5.03 Å². The van der Waals surface area contributed by atoms with Gasteiger partial charge in [-0.25, -0.2) is 9.78 Å². The molecule has 0 radical (unpaired) electrons. The number of carbonyl (C=O) groups is 1. The van der Waals surface area contributed by atoms with Crippen LogP contribution >= 0.6 is 11.8 Å². The van der Waals surface area contributed by atoms with E-state index in [0.29, 0.717) is 5.69 Å². The van der Waals surface area contributed by atoms with Crippen LogP contribution in [0.3, 0.4) is 0 Å². The Morgan fingerprint density at radius 1 is 1.24 bits per heavy atom. The summed E-state index contributed by atoms with van der Waals surface area (Å²) >= 11 is 1.48. The third-order valence-electron chi connectivity index (χ3n) is 2.16. The Labute approximate surface area is 103 Å². The van der Waals surface area contributed by atoms with Crippen LogP contribution in [-0.2, 0) is 0 Å². The zero-order valence-electron chi connectivity index (χ0n) is 9.12. The summed E-state index contributed by atoms with van der Waals surface area (Å²) in [7, 11) is 0. The molecule has 0 unspecified atom stereocenters. The fourth-order valence-corrected chi connectivity index (χ4v) is 2.17. The summed E-state index contributed by atoms with van der Waals surface area (Å²) in [5.41, 5.74) is 0.764. The summed E-state index contributed by atoms with van der Waals surface area (Å²) < 4.78 is 0. The molecule has 0 saturated carbocycles. The largest absolute Gasteiger partial charge is 0.478 e. The molecular weight excluding hydrogens is 236 g/mol. The molecule has 0 aliphatic heterocycles. The third-order valence-corrected chi connectivity index (χ3v) is 3.11. The molecular formula is C12H10N2O2S. The van der Waals surface area contributed by atoms with E-state index in [1.807, 2.05) is 12.1 Å². The minimum atomic E-state index is -0.949. The van der Waals surface area contributed by atoms with Crippen molar-refractivity contribution in [3.8, 4) is 0 Å². The van der Waals surface area contributed by atoms with E-state index in [-0.39, 0.29) is 5.56 Å². The van der Waals surface area contributed by atoms with Gasteiger partial charge in [-0.1, -0.05) is 11.8 Å². The van der Waals surface area contributed by atoms with E-state index in [1.54, 1.807) is 31.5 Å². The molecule has 0 saturated heterocycles. The first-order chi connectivity index (χ1) is 8.16. The summed E-state index contributed by atoms with van der Waals surface area (Å²) in [4.78, 5) is 20.0. The predicted octanol–water partition coefficient (Wildman–Crippen LogP) is 2.63. The first kappa shape index (κ1) is 11.6. The lowest BCUT2D eigenvalue weighted by Crippen LogP contribution is -2.01. The van der Waals surface area contributed by atoms with E-state index in [0.717, 1.165) is 9.92 Å². The zero-order valence-corrected chi connectivity index (χ0v) is 9.94. The Balaban J connectivity index is 2.24. The van der Waals surface area contributed by atoms with Crippen LogP contribution in [0.2, 0.25) is 0 Å². The van der Waals surface area contributed by atoms with Gasteiger partial charge in [0.05, 0.1) is 11.3 Å². The molecule has 17 heavy (non-hydrogen) atoms. The van der Waals surface area contributed by atoms with Crippen LogP contribution in [0.4, 0.5) is 0 Å². The van der Waals surface area contributed by atoms with Gasteiger partial charge in [0.2, 0.25) is 0 Å². The lowest BCUT2D eigenvalue weighted by molar-refractivity contribution is 0.0695. The number of hydrogen-bond donors (Lipinski definition) is 1. The fourth-order valence-electron chi connectivity index (χ4n) is 1.35. The Bertz CT molecular complexity index is 543. The highest BCUT2D eigenvalue weighted by molar-refractivity contribution is 7.99. The van der Waals surface area contributed by atoms with Crippen LogP contribution in [0.15, 0.2) is 46.6 Å². The average Bonchev–Trinajstić information content (AvgIpc) is 2.30. The molecule has 86 valence electrons. The van der Waals surface area contributed by atoms with Gasteiger partial charge in [0, 0.05) is 17.3 Å². The second kappa shape index (κ2) is 4.97. The van der Waals surface area contributed by atoms with Crippen molar-refractivity contribution in [1.82, 2.24) is 9.97 Å². The van der Waals surface area contributed by atoms with E-state index in [2.05, 4.69) is 9.97 Å². The molecule has 0 bridgehead atoms. The smallest absolute Gasteiger partial charge is 0.337 e. The van der Waals surface area contributed by atoms with E-state index in [9.17, 15) is 4.79 Å². The number of aryl methyl sites for hydroxylation is 1. The highest BCUT2D eigenvalue weighted by Crippen LogP contribution is 2.25. The Morgan fingerprint density at radius 2 is 1.94 bits per heavy atom. The van der Waals surface area contributed by atoms with Gasteiger partial charge in [0.15, 0.2) is 0 Å². The average molecular weight is 246 g/mol. The van der Waals surface area contributed by atoms with Crippen molar-refractivity contribution in [3.05, 3.63) is 47.9 Å². The molecule has 2 aromatic rings. The lowest BCUT2D eigenvalue weighted by Gasteiger charge is -2.04. The van der Waals surface area contributed by atoms with Gasteiger partial charge in [0.25, 0.3) is 0 Å². The van der Waals surface area contributed by atoms with Crippen molar-refractivity contribution in [2.24, 2.45) is 0 Å². The van der Waals surface area contributed by atoms with Crippen LogP contribution in [-0.4, -0.2) is 21.0 Å². The zero-order chi connectivity index (χ0) is 12.3. The second-order valence-electron chi connectivity index (χ2n) is 3.37. The molecule has 5 heteroatoms. The molecule has 0 amide bonds. The van der Waals surface area contributed by atoms with Gasteiger partial charge in [-0.15, -0.1) is 0 Å². The monoisotopic (exact) mass is 246 g/mol. The number of aromatic carboxylic acids is 1. The summed E-state index contributed by atoms with van der Waals surface area (Å²) in [6.07, 6.45) is 3.42. The van der Waals surface area contributed by atoms with E-state index in [4.69, 9.17) is 5.11 Å².